The zero-order valence-electron chi connectivity index (χ0n) is 14.3. The molecule has 1 heterocycles. The minimum absolute atomic E-state index is 0.00278. The first-order chi connectivity index (χ1) is 11.3. The molecule has 2 aliphatic carbocycles. The van der Waals surface area contributed by atoms with Gasteiger partial charge in [-0.2, -0.15) is 0 Å². The number of fused-ring (bicyclic) bond motifs is 4. The van der Waals surface area contributed by atoms with Crippen LogP contribution in [0.2, 0.25) is 0 Å². The maximum absolute atomic E-state index is 12.8. The SMILES string of the molecule is CC(C)c1ccc2c(c1O)C(=O)C[C@@H]1C3=C(CC[C@]21C)C(=O)OC3. The van der Waals surface area contributed by atoms with Crippen LogP contribution in [0.25, 0.3) is 0 Å². The Hall–Kier alpha value is -2.10. The molecule has 4 rings (SSSR count). The van der Waals surface area contributed by atoms with Gasteiger partial charge in [0.05, 0.1) is 5.56 Å². The fourth-order valence-electron chi connectivity index (χ4n) is 4.76. The van der Waals surface area contributed by atoms with Crippen molar-refractivity contribution in [2.24, 2.45) is 5.92 Å². The Kier molecular flexibility index (Phi) is 3.18. The van der Waals surface area contributed by atoms with Crippen molar-refractivity contribution in [3.63, 3.8) is 0 Å². The summed E-state index contributed by atoms with van der Waals surface area (Å²) in [5, 5.41) is 10.7. The monoisotopic (exact) mass is 326 g/mol. The van der Waals surface area contributed by atoms with Crippen LogP contribution < -0.4 is 0 Å². The number of esters is 1. The summed E-state index contributed by atoms with van der Waals surface area (Å²) in [5.41, 5.74) is 3.78. The van der Waals surface area contributed by atoms with Gasteiger partial charge in [-0.15, -0.1) is 0 Å². The van der Waals surface area contributed by atoms with Gasteiger partial charge in [0, 0.05) is 23.3 Å². The second kappa shape index (κ2) is 4.95. The molecule has 0 amide bonds. The lowest BCUT2D eigenvalue weighted by Crippen LogP contribution is -2.43. The van der Waals surface area contributed by atoms with E-state index in [1.807, 2.05) is 26.0 Å². The number of carbonyl (C=O) groups excluding carboxylic acids is 2. The summed E-state index contributed by atoms with van der Waals surface area (Å²) >= 11 is 0. The van der Waals surface area contributed by atoms with Crippen LogP contribution in [0, 0.1) is 5.92 Å². The van der Waals surface area contributed by atoms with Gasteiger partial charge in [0.2, 0.25) is 0 Å². The molecule has 0 fully saturated rings. The molecule has 1 aromatic rings. The maximum atomic E-state index is 12.8. The Labute approximate surface area is 141 Å². The van der Waals surface area contributed by atoms with Crippen LogP contribution in [-0.2, 0) is 14.9 Å². The van der Waals surface area contributed by atoms with E-state index < -0.39 is 0 Å². The minimum atomic E-state index is -0.233. The minimum Gasteiger partial charge on any atom is -0.507 e. The maximum Gasteiger partial charge on any atom is 0.334 e. The van der Waals surface area contributed by atoms with Gasteiger partial charge in [-0.05, 0) is 35.5 Å². The third-order valence-corrected chi connectivity index (χ3v) is 6.19. The zero-order valence-corrected chi connectivity index (χ0v) is 14.3. The highest BCUT2D eigenvalue weighted by Crippen LogP contribution is 2.55. The van der Waals surface area contributed by atoms with Gasteiger partial charge in [-0.1, -0.05) is 32.9 Å². The Bertz CT molecular complexity index is 802. The molecular formula is C20H22O4. The van der Waals surface area contributed by atoms with Crippen molar-refractivity contribution in [3.05, 3.63) is 40.0 Å². The molecule has 0 unspecified atom stereocenters. The summed E-state index contributed by atoms with van der Waals surface area (Å²) in [6, 6.07) is 3.96. The molecule has 0 saturated carbocycles. The predicted molar refractivity (Wildman–Crippen MR) is 89.2 cm³/mol. The standard InChI is InChI=1S/C20H22O4/c1-10(2)11-4-5-14-17(18(11)22)16(21)8-15-13-9-24-19(23)12(13)6-7-20(14,15)3/h4-5,10,15,22H,6-9H2,1-3H3/t15-,20-/m1/s1. The Morgan fingerprint density at radius 2 is 2.04 bits per heavy atom. The lowest BCUT2D eigenvalue weighted by atomic mass is 9.56. The van der Waals surface area contributed by atoms with E-state index in [-0.39, 0.29) is 34.8 Å². The normalized spacial score (nSPS) is 28.6. The number of phenolic OH excluding ortho intramolecular Hbond substituents is 1. The fraction of sp³-hybridized carbons (Fsp3) is 0.500. The van der Waals surface area contributed by atoms with Crippen LogP contribution in [0.15, 0.2) is 23.3 Å². The summed E-state index contributed by atoms with van der Waals surface area (Å²) in [6.45, 7) is 6.49. The average Bonchev–Trinajstić information content (AvgIpc) is 2.90. The number of phenols is 1. The van der Waals surface area contributed by atoms with E-state index in [1.165, 1.54) is 0 Å². The molecule has 126 valence electrons. The van der Waals surface area contributed by atoms with Crippen LogP contribution >= 0.6 is 0 Å². The highest BCUT2D eigenvalue weighted by Gasteiger charge is 2.51. The lowest BCUT2D eigenvalue weighted by molar-refractivity contribution is -0.136. The van der Waals surface area contributed by atoms with Crippen LogP contribution in [0.3, 0.4) is 0 Å². The van der Waals surface area contributed by atoms with Crippen LogP contribution in [0.5, 0.6) is 5.75 Å². The summed E-state index contributed by atoms with van der Waals surface area (Å²) in [6.07, 6.45) is 1.82. The van der Waals surface area contributed by atoms with Gasteiger partial charge in [-0.25, -0.2) is 4.79 Å². The van der Waals surface area contributed by atoms with Crippen molar-refractivity contribution in [1.29, 1.82) is 0 Å². The number of hydrogen-bond acceptors (Lipinski definition) is 4. The number of Topliss-reactive ketones (excluding diaryl/α,β-unsaturated/α-hetero) is 1. The molecule has 0 aromatic heterocycles. The Morgan fingerprint density at radius 1 is 1.29 bits per heavy atom. The first-order valence-electron chi connectivity index (χ1n) is 8.63. The highest BCUT2D eigenvalue weighted by atomic mass is 16.5. The number of ketones is 1. The molecule has 2 atom stereocenters. The zero-order chi connectivity index (χ0) is 17.2. The molecule has 4 heteroatoms. The molecule has 0 bridgehead atoms. The van der Waals surface area contributed by atoms with Gasteiger partial charge >= 0.3 is 5.97 Å². The highest BCUT2D eigenvalue weighted by molar-refractivity contribution is 6.03. The molecule has 0 spiro atoms. The van der Waals surface area contributed by atoms with Gasteiger partial charge in [-0.3, -0.25) is 4.79 Å². The van der Waals surface area contributed by atoms with Crippen molar-refractivity contribution in [2.45, 2.75) is 51.4 Å². The number of benzene rings is 1. The van der Waals surface area contributed by atoms with E-state index in [1.54, 1.807) is 0 Å². The van der Waals surface area contributed by atoms with Crippen molar-refractivity contribution in [3.8, 4) is 5.75 Å². The second-order valence-electron chi connectivity index (χ2n) is 7.76. The number of aromatic hydroxyl groups is 1. The average molecular weight is 326 g/mol. The molecular weight excluding hydrogens is 304 g/mol. The number of cyclic esters (lactones) is 1. The molecule has 0 saturated heterocycles. The van der Waals surface area contributed by atoms with E-state index in [2.05, 4.69) is 6.92 Å². The third kappa shape index (κ3) is 1.86. The van der Waals surface area contributed by atoms with E-state index in [4.69, 9.17) is 4.74 Å². The van der Waals surface area contributed by atoms with Crippen molar-refractivity contribution in [1.82, 2.24) is 0 Å². The van der Waals surface area contributed by atoms with Gasteiger partial charge in [0.15, 0.2) is 5.78 Å². The van der Waals surface area contributed by atoms with Crippen molar-refractivity contribution >= 4 is 11.8 Å². The summed E-state index contributed by atoms with van der Waals surface area (Å²) < 4.78 is 5.22. The molecule has 0 radical (unpaired) electrons. The van der Waals surface area contributed by atoms with Crippen molar-refractivity contribution < 1.29 is 19.4 Å². The van der Waals surface area contributed by atoms with E-state index in [0.717, 1.165) is 28.7 Å². The lowest BCUT2D eigenvalue weighted by Gasteiger charge is -2.46. The summed E-state index contributed by atoms with van der Waals surface area (Å²) in [5.74, 6) is 0.0572. The molecule has 1 aliphatic heterocycles. The summed E-state index contributed by atoms with van der Waals surface area (Å²) in [4.78, 5) is 24.7. The van der Waals surface area contributed by atoms with Crippen LogP contribution in [-0.4, -0.2) is 23.5 Å². The smallest absolute Gasteiger partial charge is 0.334 e. The first kappa shape index (κ1) is 15.4. The second-order valence-corrected chi connectivity index (χ2v) is 7.76. The van der Waals surface area contributed by atoms with E-state index in [9.17, 15) is 14.7 Å². The van der Waals surface area contributed by atoms with Gasteiger partial charge in [0.25, 0.3) is 0 Å². The molecule has 4 nitrogen and oxygen atoms in total. The first-order valence-corrected chi connectivity index (χ1v) is 8.63. The fourth-order valence-corrected chi connectivity index (χ4v) is 4.76. The number of ether oxygens (including phenoxy) is 1. The van der Waals surface area contributed by atoms with Gasteiger partial charge < -0.3 is 9.84 Å². The topological polar surface area (TPSA) is 63.6 Å². The largest absolute Gasteiger partial charge is 0.507 e. The Balaban J connectivity index is 1.90. The Morgan fingerprint density at radius 3 is 2.75 bits per heavy atom. The predicted octanol–water partition coefficient (Wildman–Crippen LogP) is 3.62. The van der Waals surface area contributed by atoms with Gasteiger partial charge in [0.1, 0.15) is 12.4 Å². The molecule has 1 aromatic carbocycles. The molecule has 24 heavy (non-hydrogen) atoms. The van der Waals surface area contributed by atoms with Crippen molar-refractivity contribution in [2.75, 3.05) is 6.61 Å². The third-order valence-electron chi connectivity index (χ3n) is 6.19. The van der Waals surface area contributed by atoms with Crippen LogP contribution in [0.1, 0.15) is 67.4 Å². The summed E-state index contributed by atoms with van der Waals surface area (Å²) in [7, 11) is 0. The quantitative estimate of drug-likeness (QED) is 0.801. The van der Waals surface area contributed by atoms with E-state index >= 15 is 0 Å². The number of hydrogen-bond donors (Lipinski definition) is 1. The molecule has 3 aliphatic rings. The van der Waals surface area contributed by atoms with Crippen LogP contribution in [0.4, 0.5) is 0 Å². The number of rotatable bonds is 1. The number of carbonyl (C=O) groups is 2. The van der Waals surface area contributed by atoms with E-state index in [0.29, 0.717) is 25.0 Å². The molecule has 1 N–H and O–H groups in total.